The molecule has 0 atom stereocenters. The molecule has 0 unspecified atom stereocenters. The van der Waals surface area contributed by atoms with Gasteiger partial charge in [-0.25, -0.2) is 0 Å². The van der Waals surface area contributed by atoms with Gasteiger partial charge in [0, 0.05) is 12.2 Å². The van der Waals surface area contributed by atoms with Crippen LogP contribution in [0.3, 0.4) is 0 Å². The fourth-order valence-electron chi connectivity index (χ4n) is 2.09. The maximum absolute atomic E-state index is 11.8. The van der Waals surface area contributed by atoms with Crippen LogP contribution in [0.2, 0.25) is 0 Å². The number of amides is 1. The summed E-state index contributed by atoms with van der Waals surface area (Å²) in [6, 6.07) is 15.2. The monoisotopic (exact) mass is 284 g/mol. The van der Waals surface area contributed by atoms with E-state index < -0.39 is 0 Å². The van der Waals surface area contributed by atoms with E-state index in [1.165, 1.54) is 5.56 Å². The molecule has 0 radical (unpaired) electrons. The Morgan fingerprint density at radius 2 is 1.90 bits per heavy atom. The molecular weight excluding hydrogens is 264 g/mol. The second-order valence-corrected chi connectivity index (χ2v) is 4.87. The first kappa shape index (κ1) is 14.9. The fraction of sp³-hybridized carbons (Fsp3) is 0.235. The van der Waals surface area contributed by atoms with Crippen LogP contribution in [0.4, 0.5) is 5.69 Å². The highest BCUT2D eigenvalue weighted by atomic mass is 16.5. The van der Waals surface area contributed by atoms with Crippen LogP contribution >= 0.6 is 0 Å². The molecule has 0 saturated carbocycles. The van der Waals surface area contributed by atoms with Crippen LogP contribution in [0.1, 0.15) is 11.1 Å². The third-order valence-corrected chi connectivity index (χ3v) is 3.21. The third kappa shape index (κ3) is 4.84. The summed E-state index contributed by atoms with van der Waals surface area (Å²) in [7, 11) is 1.64. The van der Waals surface area contributed by atoms with Crippen molar-refractivity contribution in [1.29, 1.82) is 0 Å². The molecule has 0 spiro atoms. The Balaban J connectivity index is 1.76. The fourth-order valence-corrected chi connectivity index (χ4v) is 2.09. The Morgan fingerprint density at radius 1 is 1.14 bits per heavy atom. The number of nitrogen functional groups attached to an aromatic ring is 1. The molecule has 4 nitrogen and oxygen atoms in total. The lowest BCUT2D eigenvalue weighted by Crippen LogP contribution is -2.27. The summed E-state index contributed by atoms with van der Waals surface area (Å²) in [6.45, 7) is 0.619. The summed E-state index contributed by atoms with van der Waals surface area (Å²) in [5.74, 6) is 0.846. The number of rotatable bonds is 6. The number of carbonyl (C=O) groups excluding carboxylic acids is 1. The van der Waals surface area contributed by atoms with E-state index in [9.17, 15) is 4.79 Å². The lowest BCUT2D eigenvalue weighted by molar-refractivity contribution is -0.120. The molecule has 2 rings (SSSR count). The molecule has 0 aromatic heterocycles. The van der Waals surface area contributed by atoms with Crippen LogP contribution in [0, 0.1) is 0 Å². The number of carbonyl (C=O) groups is 1. The Morgan fingerprint density at radius 3 is 2.57 bits per heavy atom. The minimum Gasteiger partial charge on any atom is -0.497 e. The van der Waals surface area contributed by atoms with Gasteiger partial charge < -0.3 is 15.8 Å². The van der Waals surface area contributed by atoms with E-state index >= 15 is 0 Å². The second kappa shape index (κ2) is 7.33. The number of ether oxygens (including phenoxy) is 1. The van der Waals surface area contributed by atoms with E-state index in [1.54, 1.807) is 7.11 Å². The van der Waals surface area contributed by atoms with Crippen molar-refractivity contribution in [3.63, 3.8) is 0 Å². The molecule has 21 heavy (non-hydrogen) atoms. The number of hydrogen-bond donors (Lipinski definition) is 2. The summed E-state index contributed by atoms with van der Waals surface area (Å²) < 4.78 is 5.11. The van der Waals surface area contributed by atoms with Gasteiger partial charge in [-0.3, -0.25) is 4.79 Å². The summed E-state index contributed by atoms with van der Waals surface area (Å²) in [4.78, 5) is 11.8. The first-order valence-electron chi connectivity index (χ1n) is 6.91. The van der Waals surface area contributed by atoms with Crippen molar-refractivity contribution in [3.05, 3.63) is 59.7 Å². The topological polar surface area (TPSA) is 64.3 Å². The van der Waals surface area contributed by atoms with Gasteiger partial charge in [0.2, 0.25) is 5.91 Å². The first-order chi connectivity index (χ1) is 10.2. The maximum atomic E-state index is 11.8. The molecule has 0 aliphatic carbocycles. The number of benzene rings is 2. The smallest absolute Gasteiger partial charge is 0.224 e. The molecule has 2 aromatic rings. The normalized spacial score (nSPS) is 10.1. The van der Waals surface area contributed by atoms with Crippen molar-refractivity contribution in [2.75, 3.05) is 19.4 Å². The molecular formula is C17H20N2O2. The van der Waals surface area contributed by atoms with E-state index in [0.29, 0.717) is 18.7 Å². The van der Waals surface area contributed by atoms with Crippen molar-refractivity contribution in [2.24, 2.45) is 0 Å². The summed E-state index contributed by atoms with van der Waals surface area (Å²) in [6.07, 6.45) is 1.15. The van der Waals surface area contributed by atoms with Crippen LogP contribution in [0.15, 0.2) is 48.5 Å². The van der Waals surface area contributed by atoms with E-state index in [0.717, 1.165) is 17.7 Å². The lowest BCUT2D eigenvalue weighted by Gasteiger charge is -2.07. The van der Waals surface area contributed by atoms with Crippen molar-refractivity contribution in [1.82, 2.24) is 5.32 Å². The van der Waals surface area contributed by atoms with Gasteiger partial charge in [-0.1, -0.05) is 24.3 Å². The van der Waals surface area contributed by atoms with Crippen LogP contribution in [0.25, 0.3) is 0 Å². The number of nitrogens with two attached hydrogens (primary N) is 1. The van der Waals surface area contributed by atoms with Crippen molar-refractivity contribution in [3.8, 4) is 5.75 Å². The SMILES string of the molecule is COc1ccc(CCNC(=O)Cc2cccc(N)c2)cc1. The average molecular weight is 284 g/mol. The largest absolute Gasteiger partial charge is 0.497 e. The van der Waals surface area contributed by atoms with E-state index in [-0.39, 0.29) is 5.91 Å². The zero-order chi connectivity index (χ0) is 15.1. The van der Waals surface area contributed by atoms with Crippen LogP contribution in [-0.2, 0) is 17.6 Å². The summed E-state index contributed by atoms with van der Waals surface area (Å²) in [5, 5.41) is 2.92. The van der Waals surface area contributed by atoms with Crippen LogP contribution in [-0.4, -0.2) is 19.6 Å². The molecule has 3 N–H and O–H groups in total. The minimum absolute atomic E-state index is 0.00844. The summed E-state index contributed by atoms with van der Waals surface area (Å²) in [5.41, 5.74) is 8.47. The zero-order valence-corrected chi connectivity index (χ0v) is 12.1. The molecule has 0 fully saturated rings. The van der Waals surface area contributed by atoms with Gasteiger partial charge in [-0.2, -0.15) is 0 Å². The number of hydrogen-bond acceptors (Lipinski definition) is 3. The van der Waals surface area contributed by atoms with Gasteiger partial charge in [0.15, 0.2) is 0 Å². The molecule has 0 heterocycles. The van der Waals surface area contributed by atoms with Gasteiger partial charge in [0.05, 0.1) is 13.5 Å². The third-order valence-electron chi connectivity index (χ3n) is 3.21. The van der Waals surface area contributed by atoms with Crippen LogP contribution < -0.4 is 15.8 Å². The van der Waals surface area contributed by atoms with E-state index in [4.69, 9.17) is 10.5 Å². The Labute approximate surface area is 124 Å². The van der Waals surface area contributed by atoms with Crippen molar-refractivity contribution >= 4 is 11.6 Å². The van der Waals surface area contributed by atoms with Gasteiger partial charge in [0.1, 0.15) is 5.75 Å². The van der Waals surface area contributed by atoms with E-state index in [1.807, 2.05) is 48.5 Å². The van der Waals surface area contributed by atoms with Gasteiger partial charge in [-0.05, 0) is 41.8 Å². The highest BCUT2D eigenvalue weighted by Gasteiger charge is 2.03. The maximum Gasteiger partial charge on any atom is 0.224 e. The quantitative estimate of drug-likeness (QED) is 0.799. The molecule has 4 heteroatoms. The molecule has 110 valence electrons. The zero-order valence-electron chi connectivity index (χ0n) is 12.1. The molecule has 0 saturated heterocycles. The molecule has 2 aromatic carbocycles. The van der Waals surface area contributed by atoms with Crippen LogP contribution in [0.5, 0.6) is 5.75 Å². The van der Waals surface area contributed by atoms with Crippen molar-refractivity contribution in [2.45, 2.75) is 12.8 Å². The Kier molecular flexibility index (Phi) is 5.21. The standard InChI is InChI=1S/C17H20N2O2/c1-21-16-7-5-13(6-8-16)9-10-19-17(20)12-14-3-2-4-15(18)11-14/h2-8,11H,9-10,12,18H2,1H3,(H,19,20). The molecule has 1 amide bonds. The number of methoxy groups -OCH3 is 1. The van der Waals surface area contributed by atoms with Gasteiger partial charge in [0.25, 0.3) is 0 Å². The Bertz CT molecular complexity index is 594. The molecule has 0 bridgehead atoms. The predicted octanol–water partition coefficient (Wildman–Crippen LogP) is 2.18. The van der Waals surface area contributed by atoms with E-state index in [2.05, 4.69) is 5.32 Å². The molecule has 0 aliphatic heterocycles. The highest BCUT2D eigenvalue weighted by molar-refractivity contribution is 5.78. The Hall–Kier alpha value is -2.49. The second-order valence-electron chi connectivity index (χ2n) is 4.87. The first-order valence-corrected chi connectivity index (χ1v) is 6.91. The molecule has 0 aliphatic rings. The van der Waals surface area contributed by atoms with Gasteiger partial charge in [-0.15, -0.1) is 0 Å². The number of nitrogens with one attached hydrogen (secondary N) is 1. The predicted molar refractivity (Wildman–Crippen MR) is 84.3 cm³/mol. The minimum atomic E-state index is 0.00844. The number of anilines is 1. The highest BCUT2D eigenvalue weighted by Crippen LogP contribution is 2.11. The average Bonchev–Trinajstić information content (AvgIpc) is 2.48. The van der Waals surface area contributed by atoms with Gasteiger partial charge >= 0.3 is 0 Å². The lowest BCUT2D eigenvalue weighted by atomic mass is 10.1. The van der Waals surface area contributed by atoms with Crippen molar-refractivity contribution < 1.29 is 9.53 Å². The summed E-state index contributed by atoms with van der Waals surface area (Å²) >= 11 is 0.